The standard InChI is InChI=1S/C24H24N6O2/c1-28-20-12-13-29(24(31)18-10-6-7-11-21(18)32-2)15-19(20)22(27-28)23-26-25-16-30(23)14-17-8-4-3-5-9-17/h3-11,16H,12-15H2,1-2H3. The van der Waals surface area contributed by atoms with Gasteiger partial charge in [0.05, 0.1) is 25.8 Å². The van der Waals surface area contributed by atoms with E-state index in [-0.39, 0.29) is 5.91 Å². The van der Waals surface area contributed by atoms with Gasteiger partial charge in [0.15, 0.2) is 5.82 Å². The maximum atomic E-state index is 13.3. The van der Waals surface area contributed by atoms with E-state index in [0.717, 1.165) is 28.9 Å². The monoisotopic (exact) mass is 428 g/mol. The first-order valence-electron chi connectivity index (χ1n) is 10.5. The predicted molar refractivity (Wildman–Crippen MR) is 119 cm³/mol. The summed E-state index contributed by atoms with van der Waals surface area (Å²) in [5.74, 6) is 1.24. The molecule has 8 heteroatoms. The molecule has 2 aromatic heterocycles. The molecule has 0 aliphatic carbocycles. The van der Waals surface area contributed by atoms with E-state index in [0.29, 0.717) is 36.8 Å². The van der Waals surface area contributed by atoms with E-state index < -0.39 is 0 Å². The molecular formula is C24H24N6O2. The number of aromatic nitrogens is 5. The highest BCUT2D eigenvalue weighted by Crippen LogP contribution is 2.30. The first kappa shape index (κ1) is 20.0. The van der Waals surface area contributed by atoms with Gasteiger partial charge in [-0.25, -0.2) is 0 Å². The van der Waals surface area contributed by atoms with E-state index in [2.05, 4.69) is 22.3 Å². The van der Waals surface area contributed by atoms with Gasteiger partial charge in [-0.2, -0.15) is 5.10 Å². The molecule has 2 aromatic carbocycles. The van der Waals surface area contributed by atoms with Gasteiger partial charge in [-0.05, 0) is 17.7 Å². The van der Waals surface area contributed by atoms with E-state index in [4.69, 9.17) is 9.84 Å². The van der Waals surface area contributed by atoms with Crippen molar-refractivity contribution in [2.75, 3.05) is 13.7 Å². The molecule has 162 valence electrons. The summed E-state index contributed by atoms with van der Waals surface area (Å²) < 4.78 is 9.30. The quantitative estimate of drug-likeness (QED) is 0.488. The van der Waals surface area contributed by atoms with Crippen LogP contribution >= 0.6 is 0 Å². The Balaban J connectivity index is 1.47. The van der Waals surface area contributed by atoms with E-state index in [1.165, 1.54) is 0 Å². The van der Waals surface area contributed by atoms with Crippen LogP contribution in [0.25, 0.3) is 11.5 Å². The summed E-state index contributed by atoms with van der Waals surface area (Å²) in [4.78, 5) is 15.1. The lowest BCUT2D eigenvalue weighted by molar-refractivity contribution is 0.0730. The van der Waals surface area contributed by atoms with Crippen LogP contribution in [-0.4, -0.2) is 49.0 Å². The first-order valence-corrected chi connectivity index (χ1v) is 10.5. The highest BCUT2D eigenvalue weighted by molar-refractivity contribution is 5.97. The van der Waals surface area contributed by atoms with Crippen LogP contribution < -0.4 is 4.74 Å². The average Bonchev–Trinajstić information content (AvgIpc) is 3.42. The van der Waals surface area contributed by atoms with Gasteiger partial charge in [-0.1, -0.05) is 42.5 Å². The molecular weight excluding hydrogens is 404 g/mol. The van der Waals surface area contributed by atoms with Crippen LogP contribution in [0.1, 0.15) is 27.2 Å². The smallest absolute Gasteiger partial charge is 0.257 e. The number of nitrogens with zero attached hydrogens (tertiary/aromatic N) is 6. The van der Waals surface area contributed by atoms with Crippen molar-refractivity contribution >= 4 is 5.91 Å². The number of ether oxygens (including phenoxy) is 1. The molecule has 1 aliphatic rings. The molecule has 0 N–H and O–H groups in total. The third kappa shape index (κ3) is 3.53. The van der Waals surface area contributed by atoms with Crippen LogP contribution in [0.4, 0.5) is 0 Å². The molecule has 0 unspecified atom stereocenters. The van der Waals surface area contributed by atoms with Gasteiger partial charge < -0.3 is 14.2 Å². The lowest BCUT2D eigenvalue weighted by Gasteiger charge is -2.28. The van der Waals surface area contributed by atoms with Crippen molar-refractivity contribution in [1.82, 2.24) is 29.4 Å². The number of para-hydroxylation sites is 1. The zero-order valence-electron chi connectivity index (χ0n) is 18.1. The van der Waals surface area contributed by atoms with Crippen LogP contribution in [0.5, 0.6) is 5.75 Å². The molecule has 0 bridgehead atoms. The number of rotatable bonds is 5. The van der Waals surface area contributed by atoms with Crippen molar-refractivity contribution in [2.45, 2.75) is 19.5 Å². The van der Waals surface area contributed by atoms with Crippen LogP contribution in [0.2, 0.25) is 0 Å². The Labute approximate surface area is 186 Å². The van der Waals surface area contributed by atoms with Crippen LogP contribution in [0, 0.1) is 0 Å². The van der Waals surface area contributed by atoms with Crippen molar-refractivity contribution in [3.8, 4) is 17.3 Å². The number of methoxy groups -OCH3 is 1. The second-order valence-corrected chi connectivity index (χ2v) is 7.84. The Morgan fingerprint density at radius 1 is 1.09 bits per heavy atom. The molecule has 1 aliphatic heterocycles. The fraction of sp³-hybridized carbons (Fsp3) is 0.250. The fourth-order valence-corrected chi connectivity index (χ4v) is 4.27. The van der Waals surface area contributed by atoms with Crippen molar-refractivity contribution < 1.29 is 9.53 Å². The molecule has 0 fully saturated rings. The van der Waals surface area contributed by atoms with Gasteiger partial charge in [-0.15, -0.1) is 10.2 Å². The molecule has 3 heterocycles. The normalized spacial score (nSPS) is 13.1. The third-order valence-corrected chi connectivity index (χ3v) is 5.89. The summed E-state index contributed by atoms with van der Waals surface area (Å²) in [6.45, 7) is 1.74. The lowest BCUT2D eigenvalue weighted by Crippen LogP contribution is -2.36. The number of carbonyl (C=O) groups excluding carboxylic acids is 1. The lowest BCUT2D eigenvalue weighted by atomic mass is 10.0. The van der Waals surface area contributed by atoms with E-state index in [1.807, 2.05) is 57.6 Å². The summed E-state index contributed by atoms with van der Waals surface area (Å²) in [5.41, 5.74) is 4.64. The van der Waals surface area contributed by atoms with Crippen molar-refractivity contribution in [2.24, 2.45) is 7.05 Å². The minimum atomic E-state index is -0.0475. The Kier molecular flexibility index (Phi) is 5.18. The number of hydrogen-bond acceptors (Lipinski definition) is 5. The van der Waals surface area contributed by atoms with E-state index in [9.17, 15) is 4.79 Å². The minimum Gasteiger partial charge on any atom is -0.496 e. The second kappa shape index (κ2) is 8.30. The highest BCUT2D eigenvalue weighted by atomic mass is 16.5. The zero-order chi connectivity index (χ0) is 22.1. The topological polar surface area (TPSA) is 78.1 Å². The van der Waals surface area contributed by atoms with Crippen LogP contribution in [0.3, 0.4) is 0 Å². The summed E-state index contributed by atoms with van der Waals surface area (Å²) in [5, 5.41) is 13.3. The van der Waals surface area contributed by atoms with Crippen LogP contribution in [-0.2, 0) is 26.6 Å². The molecule has 4 aromatic rings. The van der Waals surface area contributed by atoms with Gasteiger partial charge in [0.2, 0.25) is 0 Å². The number of carbonyl (C=O) groups is 1. The zero-order valence-corrected chi connectivity index (χ0v) is 18.1. The largest absolute Gasteiger partial charge is 0.496 e. The average molecular weight is 428 g/mol. The Hall–Kier alpha value is -3.94. The molecule has 32 heavy (non-hydrogen) atoms. The summed E-state index contributed by atoms with van der Waals surface area (Å²) in [6.07, 6.45) is 2.45. The summed E-state index contributed by atoms with van der Waals surface area (Å²) >= 11 is 0. The van der Waals surface area contributed by atoms with Crippen molar-refractivity contribution in [3.63, 3.8) is 0 Å². The number of aryl methyl sites for hydroxylation is 1. The van der Waals surface area contributed by atoms with Gasteiger partial charge in [0.25, 0.3) is 5.91 Å². The number of hydrogen-bond donors (Lipinski definition) is 0. The number of fused-ring (bicyclic) bond motifs is 1. The fourth-order valence-electron chi connectivity index (χ4n) is 4.27. The summed E-state index contributed by atoms with van der Waals surface area (Å²) in [6, 6.07) is 17.5. The van der Waals surface area contributed by atoms with Crippen LogP contribution in [0.15, 0.2) is 60.9 Å². The predicted octanol–water partition coefficient (Wildman–Crippen LogP) is 2.93. The van der Waals surface area contributed by atoms with Gasteiger partial charge >= 0.3 is 0 Å². The van der Waals surface area contributed by atoms with Gasteiger partial charge in [-0.3, -0.25) is 9.48 Å². The molecule has 0 saturated carbocycles. The Morgan fingerprint density at radius 2 is 1.88 bits per heavy atom. The molecule has 8 nitrogen and oxygen atoms in total. The molecule has 5 rings (SSSR count). The van der Waals surface area contributed by atoms with E-state index in [1.54, 1.807) is 19.5 Å². The van der Waals surface area contributed by atoms with E-state index >= 15 is 0 Å². The maximum absolute atomic E-state index is 13.3. The number of benzene rings is 2. The second-order valence-electron chi connectivity index (χ2n) is 7.84. The molecule has 0 saturated heterocycles. The van der Waals surface area contributed by atoms with Gasteiger partial charge in [0.1, 0.15) is 17.8 Å². The molecule has 1 amide bonds. The third-order valence-electron chi connectivity index (χ3n) is 5.89. The number of amides is 1. The highest BCUT2D eigenvalue weighted by Gasteiger charge is 2.30. The maximum Gasteiger partial charge on any atom is 0.257 e. The Morgan fingerprint density at radius 3 is 2.69 bits per heavy atom. The summed E-state index contributed by atoms with van der Waals surface area (Å²) in [7, 11) is 3.52. The SMILES string of the molecule is COc1ccccc1C(=O)N1CCc2c(c(-c3nncn3Cc3ccccc3)nn2C)C1. The molecule has 0 radical (unpaired) electrons. The van der Waals surface area contributed by atoms with Crippen molar-refractivity contribution in [1.29, 1.82) is 0 Å². The molecule has 0 atom stereocenters. The van der Waals surface area contributed by atoms with Crippen molar-refractivity contribution in [3.05, 3.63) is 83.3 Å². The minimum absolute atomic E-state index is 0.0475. The first-order chi connectivity index (χ1) is 15.7. The van der Waals surface area contributed by atoms with Gasteiger partial charge in [0, 0.05) is 31.3 Å². The molecule has 0 spiro atoms. The Bertz CT molecular complexity index is 1260.